The van der Waals surface area contributed by atoms with Crippen LogP contribution in [0, 0.1) is 5.92 Å². The Bertz CT molecular complexity index is 1490. The van der Waals surface area contributed by atoms with E-state index in [1.807, 2.05) is 42.5 Å². The Morgan fingerprint density at radius 3 is 2.57 bits per heavy atom. The van der Waals surface area contributed by atoms with Gasteiger partial charge >= 0.3 is 0 Å². The Hall–Kier alpha value is -3.65. The third-order valence-electron chi connectivity index (χ3n) is 6.04. The molecule has 0 aliphatic rings. The van der Waals surface area contributed by atoms with E-state index in [1.165, 1.54) is 5.56 Å². The summed E-state index contributed by atoms with van der Waals surface area (Å²) in [5.74, 6) is 1.85. The predicted molar refractivity (Wildman–Crippen MR) is 140 cm³/mol. The maximum atomic E-state index is 13.1. The number of thioether (sulfide) groups is 1. The number of aromatic nitrogens is 5. The summed E-state index contributed by atoms with van der Waals surface area (Å²) in [6.45, 7) is 5.44. The Kier molecular flexibility index (Phi) is 6.55. The van der Waals surface area contributed by atoms with Crippen LogP contribution < -0.4 is 5.32 Å². The summed E-state index contributed by atoms with van der Waals surface area (Å²) in [5.41, 5.74) is 4.08. The van der Waals surface area contributed by atoms with Gasteiger partial charge in [0.1, 0.15) is 0 Å². The van der Waals surface area contributed by atoms with Gasteiger partial charge in [-0.15, -0.1) is 10.2 Å². The first-order valence-electron chi connectivity index (χ1n) is 11.7. The van der Waals surface area contributed by atoms with Crippen LogP contribution in [0.15, 0.2) is 72.1 Å². The first kappa shape index (κ1) is 23.1. The summed E-state index contributed by atoms with van der Waals surface area (Å²) in [6, 6.07) is 18.1. The zero-order valence-corrected chi connectivity index (χ0v) is 20.9. The van der Waals surface area contributed by atoms with Crippen molar-refractivity contribution < 1.29 is 4.79 Å². The lowest BCUT2D eigenvalue weighted by atomic mass is 10.1. The van der Waals surface area contributed by atoms with Gasteiger partial charge in [-0.2, -0.15) is 0 Å². The predicted octanol–water partition coefficient (Wildman–Crippen LogP) is 5.20. The van der Waals surface area contributed by atoms with Crippen LogP contribution in [0.1, 0.15) is 35.6 Å². The van der Waals surface area contributed by atoms with Crippen LogP contribution in [0.2, 0.25) is 0 Å². The van der Waals surface area contributed by atoms with Crippen molar-refractivity contribution in [3.63, 3.8) is 0 Å². The van der Waals surface area contributed by atoms with Crippen LogP contribution in [-0.2, 0) is 25.9 Å². The van der Waals surface area contributed by atoms with Gasteiger partial charge < -0.3 is 14.5 Å². The molecule has 0 spiro atoms. The molecular weight excluding hydrogens is 456 g/mol. The topological polar surface area (TPSA) is 77.6 Å². The lowest BCUT2D eigenvalue weighted by Crippen LogP contribution is -2.25. The van der Waals surface area contributed by atoms with Gasteiger partial charge in [-0.1, -0.05) is 43.8 Å². The van der Waals surface area contributed by atoms with Crippen molar-refractivity contribution in [2.24, 2.45) is 13.0 Å². The van der Waals surface area contributed by atoms with Crippen LogP contribution in [-0.4, -0.2) is 30.2 Å². The molecule has 0 fully saturated rings. The SMILES string of the molecule is CC(C)Cn1c(CNC(=O)c2ccc3c(c2)c2ccccc2n3C)nnc1SCc1ccncc1. The minimum absolute atomic E-state index is 0.120. The number of pyridine rings is 1. The molecule has 3 aromatic heterocycles. The Morgan fingerprint density at radius 1 is 1.00 bits per heavy atom. The first-order valence-corrected chi connectivity index (χ1v) is 12.7. The Morgan fingerprint density at radius 2 is 1.77 bits per heavy atom. The number of para-hydroxylation sites is 1. The fourth-order valence-corrected chi connectivity index (χ4v) is 5.23. The molecule has 8 heteroatoms. The molecule has 35 heavy (non-hydrogen) atoms. The summed E-state index contributed by atoms with van der Waals surface area (Å²) in [7, 11) is 2.05. The van der Waals surface area contributed by atoms with Gasteiger partial charge in [-0.25, -0.2) is 0 Å². The monoisotopic (exact) mass is 484 g/mol. The fraction of sp³-hybridized carbons (Fsp3) is 0.259. The molecule has 1 amide bonds. The lowest BCUT2D eigenvalue weighted by Gasteiger charge is -2.13. The maximum absolute atomic E-state index is 13.1. The molecule has 0 saturated heterocycles. The standard InChI is InChI=1S/C27H28N6OS/c1-18(2)16-33-25(30-31-27(33)35-17-19-10-12-28-13-11-19)15-29-26(34)20-8-9-24-22(14-20)21-6-4-5-7-23(21)32(24)3/h4-14,18H,15-17H2,1-3H3,(H,29,34). The second kappa shape index (κ2) is 9.92. The van der Waals surface area contributed by atoms with Crippen LogP contribution in [0.5, 0.6) is 0 Å². The van der Waals surface area contributed by atoms with Gasteiger partial charge in [0.15, 0.2) is 11.0 Å². The first-order chi connectivity index (χ1) is 17.0. The van der Waals surface area contributed by atoms with Gasteiger partial charge in [-0.3, -0.25) is 9.78 Å². The molecule has 7 nitrogen and oxygen atoms in total. The highest BCUT2D eigenvalue weighted by Crippen LogP contribution is 2.29. The normalized spacial score (nSPS) is 11.5. The average molecular weight is 485 g/mol. The van der Waals surface area contributed by atoms with E-state index in [4.69, 9.17) is 0 Å². The fourth-order valence-electron chi connectivity index (χ4n) is 4.30. The van der Waals surface area contributed by atoms with E-state index in [0.717, 1.165) is 45.1 Å². The number of nitrogens with one attached hydrogen (secondary N) is 1. The lowest BCUT2D eigenvalue weighted by molar-refractivity contribution is 0.0949. The molecule has 178 valence electrons. The minimum atomic E-state index is -0.120. The van der Waals surface area contributed by atoms with Crippen molar-refractivity contribution in [1.82, 2.24) is 29.6 Å². The molecule has 0 aliphatic heterocycles. The minimum Gasteiger partial charge on any atom is -0.345 e. The van der Waals surface area contributed by atoms with E-state index in [-0.39, 0.29) is 5.91 Å². The number of carbonyl (C=O) groups excluding carboxylic acids is 1. The zero-order valence-electron chi connectivity index (χ0n) is 20.1. The quantitative estimate of drug-likeness (QED) is 0.307. The van der Waals surface area contributed by atoms with Gasteiger partial charge in [0.25, 0.3) is 5.91 Å². The Labute approximate surface area is 208 Å². The van der Waals surface area contributed by atoms with Gasteiger partial charge in [0.05, 0.1) is 6.54 Å². The van der Waals surface area contributed by atoms with Crippen molar-refractivity contribution in [2.75, 3.05) is 0 Å². The molecule has 3 heterocycles. The summed E-state index contributed by atoms with van der Waals surface area (Å²) in [5, 5.41) is 15.0. The van der Waals surface area contributed by atoms with E-state index in [2.05, 4.69) is 62.7 Å². The van der Waals surface area contributed by atoms with Crippen LogP contribution in [0.4, 0.5) is 0 Å². The molecule has 0 aliphatic carbocycles. The molecule has 2 aromatic carbocycles. The van der Waals surface area contributed by atoms with Gasteiger partial charge in [-0.05, 0) is 47.9 Å². The van der Waals surface area contributed by atoms with Crippen LogP contribution in [0.3, 0.4) is 0 Å². The highest BCUT2D eigenvalue weighted by Gasteiger charge is 2.16. The van der Waals surface area contributed by atoms with E-state index in [0.29, 0.717) is 18.0 Å². The van der Waals surface area contributed by atoms with E-state index < -0.39 is 0 Å². The average Bonchev–Trinajstić information content (AvgIpc) is 3.39. The number of benzene rings is 2. The number of carbonyl (C=O) groups is 1. The molecule has 5 aromatic rings. The summed E-state index contributed by atoms with van der Waals surface area (Å²) >= 11 is 1.64. The Balaban J connectivity index is 1.34. The second-order valence-electron chi connectivity index (χ2n) is 9.04. The molecule has 0 saturated carbocycles. The number of nitrogens with zero attached hydrogens (tertiary/aromatic N) is 5. The molecule has 5 rings (SSSR count). The summed E-state index contributed by atoms with van der Waals surface area (Å²) in [4.78, 5) is 17.1. The maximum Gasteiger partial charge on any atom is 0.251 e. The third-order valence-corrected chi connectivity index (χ3v) is 7.08. The highest BCUT2D eigenvalue weighted by molar-refractivity contribution is 7.98. The number of hydrogen-bond acceptors (Lipinski definition) is 5. The number of amides is 1. The van der Waals surface area contributed by atoms with Gasteiger partial charge in [0, 0.05) is 59.1 Å². The zero-order chi connectivity index (χ0) is 24.4. The molecule has 0 radical (unpaired) electrons. The second-order valence-corrected chi connectivity index (χ2v) is 9.98. The van der Waals surface area contributed by atoms with Crippen molar-refractivity contribution in [2.45, 2.75) is 37.8 Å². The summed E-state index contributed by atoms with van der Waals surface area (Å²) < 4.78 is 4.27. The molecule has 0 atom stereocenters. The molecule has 0 bridgehead atoms. The van der Waals surface area contributed by atoms with Crippen molar-refractivity contribution in [3.8, 4) is 0 Å². The van der Waals surface area contributed by atoms with Crippen LogP contribution in [0.25, 0.3) is 21.8 Å². The van der Waals surface area contributed by atoms with E-state index >= 15 is 0 Å². The van der Waals surface area contributed by atoms with Crippen molar-refractivity contribution in [3.05, 3.63) is 83.9 Å². The van der Waals surface area contributed by atoms with Crippen LogP contribution >= 0.6 is 11.8 Å². The number of hydrogen-bond donors (Lipinski definition) is 1. The van der Waals surface area contributed by atoms with Crippen molar-refractivity contribution in [1.29, 1.82) is 0 Å². The largest absolute Gasteiger partial charge is 0.345 e. The van der Waals surface area contributed by atoms with Crippen molar-refractivity contribution >= 4 is 39.5 Å². The number of aryl methyl sites for hydroxylation is 1. The smallest absolute Gasteiger partial charge is 0.251 e. The summed E-state index contributed by atoms with van der Waals surface area (Å²) in [6.07, 6.45) is 3.59. The highest BCUT2D eigenvalue weighted by atomic mass is 32.2. The number of rotatable bonds is 8. The van der Waals surface area contributed by atoms with Gasteiger partial charge in [0.2, 0.25) is 0 Å². The molecule has 0 unspecified atom stereocenters. The third kappa shape index (κ3) is 4.79. The van der Waals surface area contributed by atoms with E-state index in [1.54, 1.807) is 24.2 Å². The molecule has 1 N–H and O–H groups in total. The van der Waals surface area contributed by atoms with E-state index in [9.17, 15) is 4.79 Å². The number of fused-ring (bicyclic) bond motifs is 3. The molecular formula is C27H28N6OS.